The van der Waals surface area contributed by atoms with Crippen LogP contribution in [-0.4, -0.2) is 19.0 Å². The van der Waals surface area contributed by atoms with Gasteiger partial charge in [-0.25, -0.2) is 9.67 Å². The lowest BCUT2D eigenvalue weighted by molar-refractivity contribution is 0.627. The summed E-state index contributed by atoms with van der Waals surface area (Å²) in [4.78, 5) is 4.82. The van der Waals surface area contributed by atoms with Crippen molar-refractivity contribution < 1.29 is 4.21 Å². The van der Waals surface area contributed by atoms with E-state index in [4.69, 9.17) is 5.73 Å². The first-order valence-corrected chi connectivity index (χ1v) is 6.63. The molecule has 17 heavy (non-hydrogen) atoms. The van der Waals surface area contributed by atoms with Crippen LogP contribution in [0.4, 0.5) is 5.69 Å². The van der Waals surface area contributed by atoms with E-state index in [-0.39, 0.29) is 0 Å². The van der Waals surface area contributed by atoms with Crippen LogP contribution in [0.3, 0.4) is 0 Å². The van der Waals surface area contributed by atoms with Gasteiger partial charge in [-0.1, -0.05) is 6.07 Å². The molecule has 6 heteroatoms. The van der Waals surface area contributed by atoms with Gasteiger partial charge in [0, 0.05) is 17.1 Å². The topological polar surface area (TPSA) is 73.8 Å². The van der Waals surface area contributed by atoms with E-state index in [0.29, 0.717) is 11.4 Å². The number of aromatic nitrogens is 3. The Bertz CT molecular complexity index is 538. The molecule has 0 spiro atoms. The molecule has 0 aliphatic carbocycles. The number of hydrogen-bond acceptors (Lipinski definition) is 4. The van der Waals surface area contributed by atoms with E-state index in [2.05, 4.69) is 10.1 Å². The van der Waals surface area contributed by atoms with Crippen molar-refractivity contribution in [2.45, 2.75) is 24.1 Å². The summed E-state index contributed by atoms with van der Waals surface area (Å²) in [6.45, 7) is 2.70. The predicted octanol–water partition coefficient (Wildman–Crippen LogP) is 1.19. The molecule has 1 aromatic carbocycles. The Kier molecular flexibility index (Phi) is 3.53. The maximum atomic E-state index is 12.1. The summed E-state index contributed by atoms with van der Waals surface area (Å²) in [6.07, 6.45) is 1.48. The number of benzene rings is 1. The molecule has 1 aromatic heterocycles. The van der Waals surface area contributed by atoms with Crippen LogP contribution in [0.5, 0.6) is 0 Å². The summed E-state index contributed by atoms with van der Waals surface area (Å²) in [5, 5.41) is 4.05. The van der Waals surface area contributed by atoms with Crippen LogP contribution in [0, 0.1) is 0 Å². The normalized spacial score (nSPS) is 12.5. The van der Waals surface area contributed by atoms with Crippen molar-refractivity contribution in [1.82, 2.24) is 14.8 Å². The summed E-state index contributed by atoms with van der Waals surface area (Å²) in [5.74, 6) is 1.09. The van der Waals surface area contributed by atoms with Crippen LogP contribution < -0.4 is 5.73 Å². The molecule has 2 N–H and O–H groups in total. The van der Waals surface area contributed by atoms with Crippen LogP contribution in [0.15, 0.2) is 35.5 Å². The number of anilines is 1. The maximum absolute atomic E-state index is 12.1. The second-order valence-electron chi connectivity index (χ2n) is 3.55. The first-order chi connectivity index (χ1) is 8.20. The quantitative estimate of drug-likeness (QED) is 0.827. The molecule has 1 unspecified atom stereocenters. The third-order valence-corrected chi connectivity index (χ3v) is 3.68. The lowest BCUT2D eigenvalue weighted by atomic mass is 10.3. The second kappa shape index (κ2) is 5.09. The molecule has 0 amide bonds. The van der Waals surface area contributed by atoms with Crippen LogP contribution in [0.25, 0.3) is 0 Å². The van der Waals surface area contributed by atoms with Crippen molar-refractivity contribution in [3.63, 3.8) is 0 Å². The van der Waals surface area contributed by atoms with Crippen LogP contribution in [0.1, 0.15) is 12.7 Å². The van der Waals surface area contributed by atoms with Gasteiger partial charge in [-0.05, 0) is 25.1 Å². The summed E-state index contributed by atoms with van der Waals surface area (Å²) in [7, 11) is -1.14. The number of nitrogens with two attached hydrogens (primary N) is 1. The van der Waals surface area contributed by atoms with E-state index >= 15 is 0 Å². The molecule has 0 bridgehead atoms. The van der Waals surface area contributed by atoms with Gasteiger partial charge in [0.15, 0.2) is 0 Å². The van der Waals surface area contributed by atoms with Crippen LogP contribution >= 0.6 is 0 Å². The van der Waals surface area contributed by atoms with Gasteiger partial charge >= 0.3 is 0 Å². The van der Waals surface area contributed by atoms with Crippen LogP contribution in [0.2, 0.25) is 0 Å². The average molecular weight is 250 g/mol. The molecule has 0 aliphatic rings. The number of rotatable bonds is 4. The third kappa shape index (κ3) is 2.71. The fourth-order valence-electron chi connectivity index (χ4n) is 1.52. The molecule has 1 atom stereocenters. The third-order valence-electron chi connectivity index (χ3n) is 2.38. The number of aryl methyl sites for hydroxylation is 1. The zero-order valence-corrected chi connectivity index (χ0v) is 10.4. The van der Waals surface area contributed by atoms with E-state index in [9.17, 15) is 4.21 Å². The van der Waals surface area contributed by atoms with E-state index < -0.39 is 10.8 Å². The number of nitrogen functional groups attached to an aromatic ring is 1. The van der Waals surface area contributed by atoms with Crippen LogP contribution in [-0.2, 0) is 23.1 Å². The van der Waals surface area contributed by atoms with Crippen molar-refractivity contribution in [3.8, 4) is 0 Å². The zero-order valence-electron chi connectivity index (χ0n) is 9.54. The average Bonchev–Trinajstić information content (AvgIpc) is 2.76. The van der Waals surface area contributed by atoms with Crippen molar-refractivity contribution in [3.05, 3.63) is 36.4 Å². The minimum absolute atomic E-state index is 0.358. The van der Waals surface area contributed by atoms with Crippen molar-refractivity contribution >= 4 is 16.5 Å². The minimum atomic E-state index is -1.14. The van der Waals surface area contributed by atoms with Crippen molar-refractivity contribution in [2.24, 2.45) is 0 Å². The largest absolute Gasteiger partial charge is 0.399 e. The summed E-state index contributed by atoms with van der Waals surface area (Å²) in [6, 6.07) is 7.10. The van der Waals surface area contributed by atoms with E-state index in [1.807, 2.05) is 6.92 Å². The first kappa shape index (κ1) is 11.8. The lowest BCUT2D eigenvalue weighted by Gasteiger charge is -2.04. The Labute approximate surface area is 102 Å². The lowest BCUT2D eigenvalue weighted by Crippen LogP contribution is -2.07. The Hall–Kier alpha value is -1.69. The highest BCUT2D eigenvalue weighted by Crippen LogP contribution is 2.14. The maximum Gasteiger partial charge on any atom is 0.139 e. The van der Waals surface area contributed by atoms with E-state index in [0.717, 1.165) is 17.3 Å². The highest BCUT2D eigenvalue weighted by molar-refractivity contribution is 7.84. The van der Waals surface area contributed by atoms with Crippen molar-refractivity contribution in [2.75, 3.05) is 5.73 Å². The summed E-state index contributed by atoms with van der Waals surface area (Å²) < 4.78 is 13.8. The number of nitrogens with zero attached hydrogens (tertiary/aromatic N) is 3. The molecule has 1 heterocycles. The summed E-state index contributed by atoms with van der Waals surface area (Å²) in [5.41, 5.74) is 6.28. The highest BCUT2D eigenvalue weighted by Gasteiger charge is 2.10. The smallest absolute Gasteiger partial charge is 0.139 e. The Morgan fingerprint density at radius 1 is 1.47 bits per heavy atom. The first-order valence-electron chi connectivity index (χ1n) is 5.31. The minimum Gasteiger partial charge on any atom is -0.399 e. The molecule has 0 saturated heterocycles. The van der Waals surface area contributed by atoms with Gasteiger partial charge in [-0.15, -0.1) is 0 Å². The molecule has 0 aliphatic heterocycles. The van der Waals surface area contributed by atoms with Gasteiger partial charge in [-0.2, -0.15) is 5.10 Å². The number of hydrogen-bond donors (Lipinski definition) is 1. The van der Waals surface area contributed by atoms with Gasteiger partial charge < -0.3 is 5.73 Å². The Balaban J connectivity index is 2.17. The van der Waals surface area contributed by atoms with Gasteiger partial charge in [0.1, 0.15) is 12.2 Å². The molecule has 90 valence electrons. The van der Waals surface area contributed by atoms with Gasteiger partial charge in [0.25, 0.3) is 0 Å². The van der Waals surface area contributed by atoms with E-state index in [1.165, 1.54) is 6.33 Å². The van der Waals surface area contributed by atoms with Gasteiger partial charge in [0.2, 0.25) is 0 Å². The molecule has 0 fully saturated rings. The molecule has 0 saturated carbocycles. The predicted molar refractivity (Wildman–Crippen MR) is 66.7 cm³/mol. The zero-order chi connectivity index (χ0) is 12.3. The highest BCUT2D eigenvalue weighted by atomic mass is 32.2. The molecular formula is C11H14N4OS. The molecule has 2 aromatic rings. The Morgan fingerprint density at radius 3 is 3.00 bits per heavy atom. The summed E-state index contributed by atoms with van der Waals surface area (Å²) >= 11 is 0. The van der Waals surface area contributed by atoms with Gasteiger partial charge in [-0.3, -0.25) is 4.21 Å². The standard InChI is InChI=1S/C11H14N4OS/c1-2-15-11(13-8-14-15)7-17(16)10-5-3-4-9(12)6-10/h3-6,8H,2,7,12H2,1H3. The van der Waals surface area contributed by atoms with Crippen molar-refractivity contribution in [1.29, 1.82) is 0 Å². The SMILES string of the molecule is CCn1ncnc1CS(=O)c1cccc(N)c1. The van der Waals surface area contributed by atoms with E-state index in [1.54, 1.807) is 28.9 Å². The Morgan fingerprint density at radius 2 is 2.29 bits per heavy atom. The molecule has 0 radical (unpaired) electrons. The fraction of sp³-hybridized carbons (Fsp3) is 0.273. The van der Waals surface area contributed by atoms with Gasteiger partial charge in [0.05, 0.1) is 16.6 Å². The monoisotopic (exact) mass is 250 g/mol. The second-order valence-corrected chi connectivity index (χ2v) is 5.01. The molecule has 5 nitrogen and oxygen atoms in total. The molecule has 2 rings (SSSR count). The fourth-order valence-corrected chi connectivity index (χ4v) is 2.64. The molecular weight excluding hydrogens is 236 g/mol.